The lowest BCUT2D eigenvalue weighted by Gasteiger charge is -2.00. The summed E-state index contributed by atoms with van der Waals surface area (Å²) < 4.78 is 0. The van der Waals surface area contributed by atoms with Crippen LogP contribution in [0.25, 0.3) is 0 Å². The molecule has 2 N–H and O–H groups in total. The smallest absolute Gasteiger partial charge is 0.157 e. The second-order valence-corrected chi connectivity index (χ2v) is 5.06. The molecular formula is C17H26O2. The number of allylic oxidation sites excluding steroid dienone is 2. The molecule has 0 aromatic heterocycles. The molecule has 2 nitrogen and oxygen atoms in total. The quantitative estimate of drug-likeness (QED) is 0.375. The highest BCUT2D eigenvalue weighted by atomic mass is 16.3. The number of benzene rings is 1. The molecule has 0 saturated carbocycles. The lowest BCUT2D eigenvalue weighted by atomic mass is 10.1. The number of hydrogen-bond acceptors (Lipinski definition) is 2. The predicted molar refractivity (Wildman–Crippen MR) is 80.6 cm³/mol. The van der Waals surface area contributed by atoms with E-state index < -0.39 is 0 Å². The molecule has 1 aromatic carbocycles. The van der Waals surface area contributed by atoms with Crippen molar-refractivity contribution in [2.75, 3.05) is 0 Å². The first-order chi connectivity index (χ1) is 9.24. The Morgan fingerprint density at radius 2 is 1.63 bits per heavy atom. The van der Waals surface area contributed by atoms with Gasteiger partial charge in [-0.15, -0.1) is 0 Å². The van der Waals surface area contributed by atoms with Crippen LogP contribution in [0.2, 0.25) is 0 Å². The van der Waals surface area contributed by atoms with E-state index in [0.717, 1.165) is 18.4 Å². The monoisotopic (exact) mass is 262 g/mol. The van der Waals surface area contributed by atoms with Crippen LogP contribution in [0.3, 0.4) is 0 Å². The first kappa shape index (κ1) is 15.6. The molecule has 19 heavy (non-hydrogen) atoms. The minimum absolute atomic E-state index is 0.0400. The minimum Gasteiger partial charge on any atom is -0.504 e. The van der Waals surface area contributed by atoms with Crippen LogP contribution < -0.4 is 0 Å². The molecule has 0 amide bonds. The number of aromatic hydroxyl groups is 2. The summed E-state index contributed by atoms with van der Waals surface area (Å²) in [6.07, 6.45) is 14.3. The van der Waals surface area contributed by atoms with Crippen molar-refractivity contribution >= 4 is 0 Å². The van der Waals surface area contributed by atoms with E-state index in [1.165, 1.54) is 44.6 Å². The second-order valence-electron chi connectivity index (χ2n) is 5.06. The first-order valence-corrected chi connectivity index (χ1v) is 7.40. The maximum absolute atomic E-state index is 9.37. The molecule has 0 aliphatic rings. The van der Waals surface area contributed by atoms with Gasteiger partial charge in [-0.1, -0.05) is 57.2 Å². The number of rotatable bonds is 9. The Kier molecular flexibility index (Phi) is 7.80. The van der Waals surface area contributed by atoms with E-state index in [2.05, 4.69) is 19.1 Å². The molecule has 0 bridgehead atoms. The summed E-state index contributed by atoms with van der Waals surface area (Å²) in [5.74, 6) is -0.0957. The standard InChI is InChI=1S/C17H26O2/c1-2-3-4-5-6-7-8-9-10-11-15-12-13-16(18)17(19)14-15/h9-10,12-14,18-19H,2-8,11H2,1H3/b10-9+. The molecule has 1 rings (SSSR count). The molecule has 0 aliphatic heterocycles. The summed E-state index contributed by atoms with van der Waals surface area (Å²) in [5, 5.41) is 18.6. The Balaban J connectivity index is 2.11. The first-order valence-electron chi connectivity index (χ1n) is 7.40. The Bertz CT molecular complexity index is 383. The van der Waals surface area contributed by atoms with Gasteiger partial charge in [0.1, 0.15) is 0 Å². The molecule has 0 radical (unpaired) electrons. The third-order valence-corrected chi connectivity index (χ3v) is 3.28. The fourth-order valence-electron chi connectivity index (χ4n) is 2.08. The van der Waals surface area contributed by atoms with Crippen LogP contribution in [0, 0.1) is 0 Å². The molecule has 106 valence electrons. The predicted octanol–water partition coefficient (Wildman–Crippen LogP) is 4.95. The third-order valence-electron chi connectivity index (χ3n) is 3.28. The Hall–Kier alpha value is -1.44. The molecule has 0 heterocycles. The number of hydrogen-bond donors (Lipinski definition) is 2. The molecule has 0 aliphatic carbocycles. The highest BCUT2D eigenvalue weighted by molar-refractivity contribution is 5.40. The topological polar surface area (TPSA) is 40.5 Å². The van der Waals surface area contributed by atoms with Gasteiger partial charge in [-0.25, -0.2) is 0 Å². The summed E-state index contributed by atoms with van der Waals surface area (Å²) in [6, 6.07) is 4.99. The van der Waals surface area contributed by atoms with Gasteiger partial charge in [-0.3, -0.25) is 0 Å². The molecular weight excluding hydrogens is 236 g/mol. The van der Waals surface area contributed by atoms with E-state index in [4.69, 9.17) is 0 Å². The fourth-order valence-corrected chi connectivity index (χ4v) is 2.08. The highest BCUT2D eigenvalue weighted by Crippen LogP contribution is 2.25. The van der Waals surface area contributed by atoms with Crippen molar-refractivity contribution in [2.45, 2.75) is 58.3 Å². The lowest BCUT2D eigenvalue weighted by molar-refractivity contribution is 0.403. The average molecular weight is 262 g/mol. The second kappa shape index (κ2) is 9.48. The number of phenolic OH excluding ortho intramolecular Hbond substituents is 2. The summed E-state index contributed by atoms with van der Waals surface area (Å²) >= 11 is 0. The van der Waals surface area contributed by atoms with E-state index in [0.29, 0.717) is 0 Å². The molecule has 0 spiro atoms. The molecule has 2 heteroatoms. The van der Waals surface area contributed by atoms with E-state index >= 15 is 0 Å². The third kappa shape index (κ3) is 6.90. The largest absolute Gasteiger partial charge is 0.504 e. The van der Waals surface area contributed by atoms with Crippen molar-refractivity contribution in [1.82, 2.24) is 0 Å². The van der Waals surface area contributed by atoms with Crippen LogP contribution in [-0.2, 0) is 6.42 Å². The van der Waals surface area contributed by atoms with Gasteiger partial charge in [0.2, 0.25) is 0 Å². The minimum atomic E-state index is -0.0557. The van der Waals surface area contributed by atoms with Crippen LogP contribution in [0.4, 0.5) is 0 Å². The van der Waals surface area contributed by atoms with Gasteiger partial charge < -0.3 is 10.2 Å². The highest BCUT2D eigenvalue weighted by Gasteiger charge is 1.98. The van der Waals surface area contributed by atoms with Gasteiger partial charge in [-0.2, -0.15) is 0 Å². The van der Waals surface area contributed by atoms with Crippen molar-refractivity contribution in [3.8, 4) is 11.5 Å². The molecule has 1 aromatic rings. The van der Waals surface area contributed by atoms with Gasteiger partial charge in [-0.05, 0) is 37.0 Å². The van der Waals surface area contributed by atoms with E-state index in [1.54, 1.807) is 6.07 Å². The van der Waals surface area contributed by atoms with Crippen molar-refractivity contribution < 1.29 is 10.2 Å². The molecule has 0 saturated heterocycles. The van der Waals surface area contributed by atoms with Crippen molar-refractivity contribution in [3.63, 3.8) is 0 Å². The SMILES string of the molecule is CCCCCCCC/C=C/Cc1ccc(O)c(O)c1. The van der Waals surface area contributed by atoms with Crippen LogP contribution in [0.15, 0.2) is 30.4 Å². The normalized spacial score (nSPS) is 11.2. The Labute approximate surface area is 116 Å². The summed E-state index contributed by atoms with van der Waals surface area (Å²) in [6.45, 7) is 2.24. The molecule has 0 fully saturated rings. The zero-order chi connectivity index (χ0) is 13.9. The average Bonchev–Trinajstić information content (AvgIpc) is 2.41. The maximum atomic E-state index is 9.37. The van der Waals surface area contributed by atoms with E-state index in [9.17, 15) is 10.2 Å². The zero-order valence-electron chi connectivity index (χ0n) is 11.9. The van der Waals surface area contributed by atoms with Crippen molar-refractivity contribution in [2.24, 2.45) is 0 Å². The Morgan fingerprint density at radius 3 is 2.37 bits per heavy atom. The summed E-state index contributed by atoms with van der Waals surface area (Å²) in [4.78, 5) is 0. The van der Waals surface area contributed by atoms with E-state index in [-0.39, 0.29) is 11.5 Å². The van der Waals surface area contributed by atoms with Gasteiger partial charge in [0.15, 0.2) is 11.5 Å². The van der Waals surface area contributed by atoms with Crippen LogP contribution >= 0.6 is 0 Å². The zero-order valence-corrected chi connectivity index (χ0v) is 11.9. The van der Waals surface area contributed by atoms with Crippen LogP contribution in [-0.4, -0.2) is 10.2 Å². The molecule has 0 unspecified atom stereocenters. The fraction of sp³-hybridized carbons (Fsp3) is 0.529. The van der Waals surface area contributed by atoms with Crippen molar-refractivity contribution in [1.29, 1.82) is 0 Å². The summed E-state index contributed by atoms with van der Waals surface area (Å²) in [7, 11) is 0. The van der Waals surface area contributed by atoms with Crippen LogP contribution in [0.1, 0.15) is 57.4 Å². The van der Waals surface area contributed by atoms with Gasteiger partial charge in [0.05, 0.1) is 0 Å². The Morgan fingerprint density at radius 1 is 0.895 bits per heavy atom. The molecule has 0 atom stereocenters. The number of phenols is 2. The van der Waals surface area contributed by atoms with Gasteiger partial charge in [0.25, 0.3) is 0 Å². The van der Waals surface area contributed by atoms with Crippen LogP contribution in [0.5, 0.6) is 11.5 Å². The van der Waals surface area contributed by atoms with Gasteiger partial charge >= 0.3 is 0 Å². The maximum Gasteiger partial charge on any atom is 0.157 e. The number of unbranched alkanes of at least 4 members (excludes halogenated alkanes) is 6. The van der Waals surface area contributed by atoms with Gasteiger partial charge in [0, 0.05) is 0 Å². The lowest BCUT2D eigenvalue weighted by Crippen LogP contribution is -1.81. The summed E-state index contributed by atoms with van der Waals surface area (Å²) in [5.41, 5.74) is 1.02. The van der Waals surface area contributed by atoms with Crippen molar-refractivity contribution in [3.05, 3.63) is 35.9 Å². The van der Waals surface area contributed by atoms with E-state index in [1.807, 2.05) is 6.07 Å².